The highest BCUT2D eigenvalue weighted by Crippen LogP contribution is 2.44. The van der Waals surface area contributed by atoms with E-state index < -0.39 is 19.8 Å². The van der Waals surface area contributed by atoms with Crippen molar-refractivity contribution in [1.82, 2.24) is 5.09 Å². The minimum absolute atomic E-state index is 0.0779. The van der Waals surface area contributed by atoms with Gasteiger partial charge in [0.05, 0.1) is 18.2 Å². The van der Waals surface area contributed by atoms with Crippen LogP contribution in [0.5, 0.6) is 5.75 Å². The van der Waals surface area contributed by atoms with Gasteiger partial charge in [0, 0.05) is 0 Å². The first-order chi connectivity index (χ1) is 9.40. The van der Waals surface area contributed by atoms with E-state index in [1.54, 1.807) is 19.1 Å². The van der Waals surface area contributed by atoms with Gasteiger partial charge in [0.25, 0.3) is 0 Å². The van der Waals surface area contributed by atoms with Gasteiger partial charge in [-0.05, 0) is 32.0 Å². The van der Waals surface area contributed by atoms with E-state index >= 15 is 0 Å². The van der Waals surface area contributed by atoms with Crippen molar-refractivity contribution >= 4 is 13.7 Å². The summed E-state index contributed by atoms with van der Waals surface area (Å²) in [6.07, 6.45) is 0. The molecule has 2 unspecified atom stereocenters. The van der Waals surface area contributed by atoms with Crippen molar-refractivity contribution in [3.63, 3.8) is 0 Å². The van der Waals surface area contributed by atoms with Crippen molar-refractivity contribution in [3.05, 3.63) is 29.8 Å². The molecule has 0 aliphatic rings. The van der Waals surface area contributed by atoms with Crippen molar-refractivity contribution in [3.8, 4) is 11.8 Å². The Morgan fingerprint density at radius 3 is 2.85 bits per heavy atom. The number of carbonyl (C=O) groups is 1. The molecule has 0 aliphatic carbocycles. The average molecular weight is 298 g/mol. The molecule has 7 nitrogen and oxygen atoms in total. The maximum absolute atomic E-state index is 12.4. The van der Waals surface area contributed by atoms with Gasteiger partial charge < -0.3 is 9.63 Å². The Bertz CT molecular complexity index is 569. The van der Waals surface area contributed by atoms with Crippen LogP contribution in [0.15, 0.2) is 24.3 Å². The van der Waals surface area contributed by atoms with Gasteiger partial charge in [-0.1, -0.05) is 6.07 Å². The molecule has 108 valence electrons. The molecular weight excluding hydrogens is 283 g/mol. The van der Waals surface area contributed by atoms with E-state index in [2.05, 4.69) is 5.09 Å². The summed E-state index contributed by atoms with van der Waals surface area (Å²) in [6, 6.07) is 6.82. The number of hydrogen-bond donors (Lipinski definition) is 2. The number of hydrogen-bond acceptors (Lipinski definition) is 5. The van der Waals surface area contributed by atoms with Crippen molar-refractivity contribution in [2.24, 2.45) is 0 Å². The molecule has 0 spiro atoms. The van der Waals surface area contributed by atoms with Crippen LogP contribution in [-0.2, 0) is 13.9 Å². The monoisotopic (exact) mass is 298 g/mol. The smallest absolute Gasteiger partial charge is 0.459 e. The van der Waals surface area contributed by atoms with E-state index in [1.165, 1.54) is 19.1 Å². The summed E-state index contributed by atoms with van der Waals surface area (Å²) in [6.45, 7) is 3.01. The zero-order valence-electron chi connectivity index (χ0n) is 11.1. The second-order valence-corrected chi connectivity index (χ2v) is 5.53. The fourth-order valence-electron chi connectivity index (χ4n) is 1.31. The molecule has 0 amide bonds. The second-order valence-electron chi connectivity index (χ2n) is 3.84. The quantitative estimate of drug-likeness (QED) is 0.742. The third kappa shape index (κ3) is 4.67. The Kier molecular flexibility index (Phi) is 5.71. The molecule has 0 bridgehead atoms. The summed E-state index contributed by atoms with van der Waals surface area (Å²) >= 11 is 0. The Labute approximate surface area is 116 Å². The molecule has 0 radical (unpaired) electrons. The van der Waals surface area contributed by atoms with Crippen LogP contribution in [0.4, 0.5) is 0 Å². The summed E-state index contributed by atoms with van der Waals surface area (Å²) in [4.78, 5) is 10.8. The lowest BCUT2D eigenvalue weighted by Crippen LogP contribution is -2.33. The average Bonchev–Trinajstić information content (AvgIpc) is 2.38. The second kappa shape index (κ2) is 7.06. The minimum Gasteiger partial charge on any atom is -0.480 e. The SMILES string of the molecule is CCOP(=O)(NC(C)C(=O)O)Oc1cccc(C#N)c1. The maximum Gasteiger partial charge on any atom is 0.459 e. The van der Waals surface area contributed by atoms with Crippen LogP contribution in [0.2, 0.25) is 0 Å². The van der Waals surface area contributed by atoms with Crippen molar-refractivity contribution in [1.29, 1.82) is 5.26 Å². The number of nitrogens with one attached hydrogen (secondary N) is 1. The summed E-state index contributed by atoms with van der Waals surface area (Å²) in [7, 11) is -3.82. The van der Waals surface area contributed by atoms with Crippen LogP contribution < -0.4 is 9.61 Å². The van der Waals surface area contributed by atoms with Gasteiger partial charge in [0.1, 0.15) is 11.8 Å². The molecular formula is C12H15N2O5P. The van der Waals surface area contributed by atoms with Crippen molar-refractivity contribution in [2.75, 3.05) is 6.61 Å². The van der Waals surface area contributed by atoms with E-state index in [1.807, 2.05) is 6.07 Å². The number of carboxylic acid groups (broad SMARTS) is 1. The topological polar surface area (TPSA) is 109 Å². The predicted molar refractivity (Wildman–Crippen MR) is 71.3 cm³/mol. The molecule has 1 aromatic rings. The molecule has 0 aromatic heterocycles. The van der Waals surface area contributed by atoms with Gasteiger partial charge in [-0.3, -0.25) is 9.32 Å². The highest BCUT2D eigenvalue weighted by atomic mass is 31.2. The number of aliphatic carboxylic acids is 1. The van der Waals surface area contributed by atoms with E-state index in [0.29, 0.717) is 5.56 Å². The fourth-order valence-corrected chi connectivity index (χ4v) is 2.81. The first-order valence-electron chi connectivity index (χ1n) is 5.85. The Morgan fingerprint density at radius 1 is 1.60 bits per heavy atom. The lowest BCUT2D eigenvalue weighted by atomic mass is 10.2. The summed E-state index contributed by atoms with van der Waals surface area (Å²) in [5, 5.41) is 19.9. The molecule has 2 atom stereocenters. The van der Waals surface area contributed by atoms with Crippen molar-refractivity contribution in [2.45, 2.75) is 19.9 Å². The molecule has 0 saturated carbocycles. The van der Waals surface area contributed by atoms with E-state index in [0.717, 1.165) is 0 Å². The lowest BCUT2D eigenvalue weighted by molar-refractivity contribution is -0.138. The fraction of sp³-hybridized carbons (Fsp3) is 0.333. The lowest BCUT2D eigenvalue weighted by Gasteiger charge is -2.21. The van der Waals surface area contributed by atoms with Gasteiger partial charge in [-0.2, -0.15) is 10.3 Å². The number of rotatable bonds is 7. The van der Waals surface area contributed by atoms with E-state index in [-0.39, 0.29) is 12.4 Å². The number of benzene rings is 1. The molecule has 0 aliphatic heterocycles. The zero-order valence-corrected chi connectivity index (χ0v) is 12.0. The molecule has 1 rings (SSSR count). The van der Waals surface area contributed by atoms with Crippen LogP contribution in [0.25, 0.3) is 0 Å². The first-order valence-corrected chi connectivity index (χ1v) is 7.39. The standard InChI is InChI=1S/C12H15N2O5P/c1-3-18-20(17,14-9(2)12(15)16)19-11-6-4-5-10(7-11)8-13/h4-7,9H,3H2,1-2H3,(H,14,17)(H,15,16). The maximum atomic E-state index is 12.4. The van der Waals surface area contributed by atoms with Gasteiger partial charge >= 0.3 is 13.7 Å². The molecule has 0 saturated heterocycles. The summed E-state index contributed by atoms with van der Waals surface area (Å²) in [5.74, 6) is -1.02. The molecule has 1 aromatic carbocycles. The first kappa shape index (κ1) is 16.2. The molecule has 20 heavy (non-hydrogen) atoms. The Balaban J connectivity index is 2.93. The zero-order chi connectivity index (χ0) is 15.2. The van der Waals surface area contributed by atoms with Crippen LogP contribution in [0.1, 0.15) is 19.4 Å². The van der Waals surface area contributed by atoms with Gasteiger partial charge in [-0.15, -0.1) is 0 Å². The highest BCUT2D eigenvalue weighted by molar-refractivity contribution is 7.52. The minimum atomic E-state index is -3.82. The highest BCUT2D eigenvalue weighted by Gasteiger charge is 2.30. The van der Waals surface area contributed by atoms with E-state index in [4.69, 9.17) is 19.4 Å². The predicted octanol–water partition coefficient (Wildman–Crippen LogP) is 2.14. The van der Waals surface area contributed by atoms with Crippen LogP contribution in [0.3, 0.4) is 0 Å². The number of nitriles is 1. The Hall–Kier alpha value is -1.87. The normalized spacial score (nSPS) is 14.8. The summed E-state index contributed by atoms with van der Waals surface area (Å²) in [5.41, 5.74) is 0.330. The number of nitrogens with zero attached hydrogens (tertiary/aromatic N) is 1. The van der Waals surface area contributed by atoms with Crippen LogP contribution in [-0.4, -0.2) is 23.7 Å². The molecule has 0 heterocycles. The summed E-state index contributed by atoms with van der Waals surface area (Å²) < 4.78 is 22.6. The van der Waals surface area contributed by atoms with Crippen molar-refractivity contribution < 1.29 is 23.5 Å². The van der Waals surface area contributed by atoms with Crippen LogP contribution >= 0.6 is 7.75 Å². The third-order valence-corrected chi connectivity index (χ3v) is 3.96. The van der Waals surface area contributed by atoms with Gasteiger partial charge in [0.15, 0.2) is 0 Å². The largest absolute Gasteiger partial charge is 0.480 e. The molecule has 0 fully saturated rings. The van der Waals surface area contributed by atoms with Gasteiger partial charge in [0.2, 0.25) is 0 Å². The Morgan fingerprint density at radius 2 is 2.30 bits per heavy atom. The van der Waals surface area contributed by atoms with Crippen LogP contribution in [0, 0.1) is 11.3 Å². The number of carboxylic acids is 1. The molecule has 8 heteroatoms. The third-order valence-electron chi connectivity index (χ3n) is 2.21. The van der Waals surface area contributed by atoms with Gasteiger partial charge in [-0.25, -0.2) is 4.57 Å². The van der Waals surface area contributed by atoms with E-state index in [9.17, 15) is 9.36 Å². The molecule has 2 N–H and O–H groups in total.